The third-order valence-corrected chi connectivity index (χ3v) is 4.65. The molecule has 1 atom stereocenters. The molecule has 1 aromatic carbocycles. The maximum absolute atomic E-state index is 13.4. The minimum Gasteiger partial charge on any atom is -0.379 e. The first-order valence-electron chi connectivity index (χ1n) is 6.36. The van der Waals surface area contributed by atoms with Crippen LogP contribution < -0.4 is 5.32 Å². The summed E-state index contributed by atoms with van der Waals surface area (Å²) in [5, 5.41) is 2.79. The molecule has 1 N–H and O–H groups in total. The Morgan fingerprint density at radius 2 is 2.19 bits per heavy atom. The van der Waals surface area contributed by atoms with Crippen LogP contribution in [0.5, 0.6) is 0 Å². The molecule has 0 bridgehead atoms. The Morgan fingerprint density at radius 3 is 2.76 bits per heavy atom. The second-order valence-electron chi connectivity index (χ2n) is 5.25. The van der Waals surface area contributed by atoms with E-state index in [0.717, 1.165) is 25.0 Å². The van der Waals surface area contributed by atoms with Gasteiger partial charge >= 0.3 is 0 Å². The van der Waals surface area contributed by atoms with Crippen molar-refractivity contribution in [2.75, 3.05) is 13.2 Å². The summed E-state index contributed by atoms with van der Waals surface area (Å²) in [7, 11) is 0.895. The van der Waals surface area contributed by atoms with Gasteiger partial charge in [0.05, 0.1) is 12.1 Å². The van der Waals surface area contributed by atoms with Crippen molar-refractivity contribution in [1.29, 1.82) is 0 Å². The highest BCUT2D eigenvalue weighted by Crippen LogP contribution is 2.22. The largest absolute Gasteiger partial charge is 0.379 e. The van der Waals surface area contributed by atoms with Crippen molar-refractivity contribution in [1.82, 2.24) is 5.32 Å². The zero-order chi connectivity index (χ0) is 15.7. The number of hydrogen-bond donors (Lipinski definition) is 1. The quantitative estimate of drug-likeness (QED) is 0.858. The second-order valence-corrected chi connectivity index (χ2v) is 7.79. The second kappa shape index (κ2) is 5.90. The molecule has 1 aliphatic rings. The lowest BCUT2D eigenvalue weighted by molar-refractivity contribution is 0.0272. The van der Waals surface area contributed by atoms with Crippen LogP contribution in [-0.4, -0.2) is 33.1 Å². The molecule has 0 radical (unpaired) electrons. The van der Waals surface area contributed by atoms with Crippen molar-refractivity contribution in [2.45, 2.75) is 30.2 Å². The van der Waals surface area contributed by atoms with Gasteiger partial charge in [0.2, 0.25) is 0 Å². The third-order valence-electron chi connectivity index (χ3n) is 3.31. The molecule has 0 saturated carbocycles. The van der Waals surface area contributed by atoms with Gasteiger partial charge in [-0.15, -0.1) is 0 Å². The van der Waals surface area contributed by atoms with Crippen LogP contribution in [0.4, 0.5) is 4.39 Å². The lowest BCUT2D eigenvalue weighted by atomic mass is 9.94. The first kappa shape index (κ1) is 16.2. The van der Waals surface area contributed by atoms with E-state index in [2.05, 4.69) is 5.32 Å². The van der Waals surface area contributed by atoms with Gasteiger partial charge in [0.1, 0.15) is 10.7 Å². The molecule has 8 heteroatoms. The first-order valence-corrected chi connectivity index (χ1v) is 8.67. The summed E-state index contributed by atoms with van der Waals surface area (Å²) in [6.07, 6.45) is 1.57. The van der Waals surface area contributed by atoms with Crippen LogP contribution >= 0.6 is 10.7 Å². The number of carbonyl (C=O) groups excluding carboxylic acids is 1. The van der Waals surface area contributed by atoms with Crippen molar-refractivity contribution >= 4 is 25.6 Å². The van der Waals surface area contributed by atoms with E-state index in [0.29, 0.717) is 13.2 Å². The Balaban J connectivity index is 2.24. The van der Waals surface area contributed by atoms with Gasteiger partial charge in [-0.2, -0.15) is 0 Å². The molecule has 2 rings (SSSR count). The van der Waals surface area contributed by atoms with Gasteiger partial charge in [-0.05, 0) is 38.0 Å². The van der Waals surface area contributed by atoms with E-state index in [1.165, 1.54) is 6.07 Å². The van der Waals surface area contributed by atoms with Crippen LogP contribution in [0.1, 0.15) is 30.1 Å². The molecular weight excluding hydrogens is 321 g/mol. The molecule has 1 unspecified atom stereocenters. The monoisotopic (exact) mass is 335 g/mol. The van der Waals surface area contributed by atoms with Gasteiger partial charge in [-0.3, -0.25) is 4.79 Å². The summed E-state index contributed by atoms with van der Waals surface area (Å²) in [5.74, 6) is -1.49. The van der Waals surface area contributed by atoms with Gasteiger partial charge in [0.25, 0.3) is 15.0 Å². The third kappa shape index (κ3) is 3.93. The number of halogens is 2. The number of nitrogens with one attached hydrogen (secondary N) is 1. The van der Waals surface area contributed by atoms with Crippen LogP contribution in [0.2, 0.25) is 0 Å². The summed E-state index contributed by atoms with van der Waals surface area (Å²) in [4.78, 5) is 11.5. The summed E-state index contributed by atoms with van der Waals surface area (Å²) in [6, 6.07) is 3.05. The fourth-order valence-corrected chi connectivity index (χ4v) is 3.13. The average Bonchev–Trinajstić information content (AvgIpc) is 2.38. The summed E-state index contributed by atoms with van der Waals surface area (Å²) in [6.45, 7) is 2.87. The summed E-state index contributed by atoms with van der Waals surface area (Å²) >= 11 is 0. The molecule has 5 nitrogen and oxygen atoms in total. The van der Waals surface area contributed by atoms with Crippen molar-refractivity contribution in [3.05, 3.63) is 29.6 Å². The molecule has 1 saturated heterocycles. The highest BCUT2D eigenvalue weighted by atomic mass is 35.7. The van der Waals surface area contributed by atoms with Crippen molar-refractivity contribution in [3.8, 4) is 0 Å². The molecular formula is C13H15ClFNO4S. The first-order chi connectivity index (χ1) is 9.71. The Labute approximate surface area is 126 Å². The van der Waals surface area contributed by atoms with E-state index in [1.807, 2.05) is 6.92 Å². The smallest absolute Gasteiger partial charge is 0.264 e. The van der Waals surface area contributed by atoms with Crippen molar-refractivity contribution < 1.29 is 22.3 Å². The van der Waals surface area contributed by atoms with Gasteiger partial charge in [-0.25, -0.2) is 12.8 Å². The summed E-state index contributed by atoms with van der Waals surface area (Å²) < 4.78 is 41.3. The molecule has 0 aromatic heterocycles. The normalized spacial score (nSPS) is 22.8. The number of rotatable bonds is 3. The Hall–Kier alpha value is -1.18. The van der Waals surface area contributed by atoms with Gasteiger partial charge in [-0.1, -0.05) is 0 Å². The Morgan fingerprint density at radius 1 is 1.48 bits per heavy atom. The minimum absolute atomic E-state index is 0.0300. The zero-order valence-corrected chi connectivity index (χ0v) is 12.9. The van der Waals surface area contributed by atoms with E-state index < -0.39 is 31.2 Å². The van der Waals surface area contributed by atoms with Gasteiger partial charge in [0.15, 0.2) is 0 Å². The maximum Gasteiger partial charge on any atom is 0.264 e. The number of hydrogen-bond acceptors (Lipinski definition) is 4. The number of ether oxygens (including phenoxy) is 1. The average molecular weight is 336 g/mol. The van der Waals surface area contributed by atoms with E-state index >= 15 is 0 Å². The lowest BCUT2D eigenvalue weighted by Gasteiger charge is -2.34. The molecule has 1 fully saturated rings. The van der Waals surface area contributed by atoms with Crippen molar-refractivity contribution in [2.24, 2.45) is 0 Å². The van der Waals surface area contributed by atoms with Crippen molar-refractivity contribution in [3.63, 3.8) is 0 Å². The topological polar surface area (TPSA) is 72.5 Å². The highest BCUT2D eigenvalue weighted by Gasteiger charge is 2.30. The molecule has 21 heavy (non-hydrogen) atoms. The predicted octanol–water partition coefficient (Wildman–Crippen LogP) is 2.05. The standard InChI is InChI=1S/C13H15ClFNO4S/c1-13(5-2-6-20-8-13)16-12(17)9-3-4-10(15)11(7-9)21(14,18)19/h3-4,7H,2,5-6,8H2,1H3,(H,16,17). The van der Waals surface area contributed by atoms with Crippen LogP contribution in [0.25, 0.3) is 0 Å². The fraction of sp³-hybridized carbons (Fsp3) is 0.462. The van der Waals surface area contributed by atoms with E-state index in [-0.39, 0.29) is 5.56 Å². The van der Waals surface area contributed by atoms with Crippen LogP contribution in [0.3, 0.4) is 0 Å². The van der Waals surface area contributed by atoms with E-state index in [1.54, 1.807) is 0 Å². The highest BCUT2D eigenvalue weighted by molar-refractivity contribution is 8.13. The number of benzene rings is 1. The van der Waals surface area contributed by atoms with E-state index in [4.69, 9.17) is 15.4 Å². The molecule has 116 valence electrons. The fourth-order valence-electron chi connectivity index (χ4n) is 2.21. The van der Waals surface area contributed by atoms with E-state index in [9.17, 15) is 17.6 Å². The molecule has 1 aromatic rings. The number of carbonyl (C=O) groups is 1. The van der Waals surface area contributed by atoms with Crippen LogP contribution in [0.15, 0.2) is 23.1 Å². The molecule has 1 aliphatic heterocycles. The van der Waals surface area contributed by atoms with Crippen LogP contribution in [-0.2, 0) is 13.8 Å². The molecule has 1 amide bonds. The minimum atomic E-state index is -4.25. The molecule has 0 spiro atoms. The van der Waals surface area contributed by atoms with Gasteiger partial charge in [0, 0.05) is 22.9 Å². The molecule has 0 aliphatic carbocycles. The summed E-state index contributed by atoms with van der Waals surface area (Å²) in [5.41, 5.74) is -0.494. The maximum atomic E-state index is 13.4. The van der Waals surface area contributed by atoms with Gasteiger partial charge < -0.3 is 10.1 Å². The van der Waals surface area contributed by atoms with Crippen LogP contribution in [0, 0.1) is 5.82 Å². The SMILES string of the molecule is CC1(NC(=O)c2ccc(F)c(S(=O)(=O)Cl)c2)CCCOC1. The molecule has 1 heterocycles. The number of amides is 1. The predicted molar refractivity (Wildman–Crippen MR) is 75.4 cm³/mol. The Bertz CT molecular complexity index is 656. The lowest BCUT2D eigenvalue weighted by Crippen LogP contribution is -2.51. The zero-order valence-electron chi connectivity index (χ0n) is 11.4. The Kier molecular flexibility index (Phi) is 4.55.